The Hall–Kier alpha value is -1.69. The van der Waals surface area contributed by atoms with Crippen molar-refractivity contribution >= 4 is 5.65 Å². The molecular formula is C9H10N4O2. The molecule has 0 spiro atoms. The molecule has 1 atom stereocenters. The van der Waals surface area contributed by atoms with Crippen molar-refractivity contribution in [3.05, 3.63) is 29.1 Å². The Labute approximate surface area is 85.1 Å². The highest BCUT2D eigenvalue weighted by Crippen LogP contribution is 2.13. The second-order valence-electron chi connectivity index (χ2n) is 3.55. The molecule has 78 valence electrons. The smallest absolute Gasteiger partial charge is 0.350 e. The van der Waals surface area contributed by atoms with Gasteiger partial charge in [0.05, 0.1) is 18.9 Å². The highest BCUT2D eigenvalue weighted by atomic mass is 16.6. The first-order valence-electron chi connectivity index (χ1n) is 4.85. The zero-order valence-corrected chi connectivity index (χ0v) is 8.04. The van der Waals surface area contributed by atoms with Crippen molar-refractivity contribution in [2.45, 2.75) is 19.1 Å². The van der Waals surface area contributed by atoms with Gasteiger partial charge in [-0.25, -0.2) is 13.9 Å². The maximum Gasteiger partial charge on any atom is 0.350 e. The number of epoxide rings is 1. The van der Waals surface area contributed by atoms with E-state index < -0.39 is 0 Å². The van der Waals surface area contributed by atoms with Crippen LogP contribution >= 0.6 is 0 Å². The second-order valence-corrected chi connectivity index (χ2v) is 3.55. The average molecular weight is 206 g/mol. The maximum absolute atomic E-state index is 11.8. The number of ether oxygens (including phenoxy) is 1. The summed E-state index contributed by atoms with van der Waals surface area (Å²) >= 11 is 0. The van der Waals surface area contributed by atoms with E-state index in [9.17, 15) is 4.79 Å². The van der Waals surface area contributed by atoms with Crippen LogP contribution in [0.15, 0.2) is 23.4 Å². The number of aromatic nitrogens is 4. The van der Waals surface area contributed by atoms with Gasteiger partial charge in [-0.15, -0.1) is 5.10 Å². The number of aryl methyl sites for hydroxylation is 1. The molecule has 0 aromatic carbocycles. The minimum atomic E-state index is -0.118. The Bertz CT molecular complexity index is 540. The van der Waals surface area contributed by atoms with Crippen molar-refractivity contribution in [3.8, 4) is 0 Å². The molecule has 3 heterocycles. The maximum atomic E-state index is 11.8. The molecule has 6 heteroatoms. The van der Waals surface area contributed by atoms with Crippen molar-refractivity contribution in [2.24, 2.45) is 0 Å². The van der Waals surface area contributed by atoms with E-state index in [1.807, 2.05) is 0 Å². The summed E-state index contributed by atoms with van der Waals surface area (Å²) in [7, 11) is 0. The lowest BCUT2D eigenvalue weighted by Crippen LogP contribution is -2.21. The molecule has 6 nitrogen and oxygen atoms in total. The van der Waals surface area contributed by atoms with Crippen LogP contribution in [0.25, 0.3) is 5.65 Å². The van der Waals surface area contributed by atoms with E-state index in [4.69, 9.17) is 4.74 Å². The molecule has 0 aliphatic carbocycles. The van der Waals surface area contributed by atoms with E-state index in [0.717, 1.165) is 13.0 Å². The van der Waals surface area contributed by atoms with Crippen LogP contribution in [0.1, 0.15) is 6.42 Å². The predicted molar refractivity (Wildman–Crippen MR) is 51.6 cm³/mol. The minimum absolute atomic E-state index is 0.118. The van der Waals surface area contributed by atoms with Gasteiger partial charge in [-0.2, -0.15) is 0 Å². The molecule has 2 aromatic heterocycles. The molecule has 0 amide bonds. The summed E-state index contributed by atoms with van der Waals surface area (Å²) in [6, 6.07) is 0. The van der Waals surface area contributed by atoms with Crippen molar-refractivity contribution in [3.63, 3.8) is 0 Å². The Morgan fingerprint density at radius 3 is 3.20 bits per heavy atom. The van der Waals surface area contributed by atoms with E-state index in [1.54, 1.807) is 18.6 Å². The summed E-state index contributed by atoms with van der Waals surface area (Å²) in [6.07, 6.45) is 5.93. The monoisotopic (exact) mass is 206 g/mol. The standard InChI is InChI=1S/C9H10N4O2/c14-9-12-4-2-10-5-8(12)11-13(9)3-1-7-6-15-7/h2,4-5,7H,1,3,6H2. The second kappa shape index (κ2) is 3.16. The van der Waals surface area contributed by atoms with Crippen LogP contribution in [-0.4, -0.2) is 31.9 Å². The topological polar surface area (TPSA) is 64.7 Å². The molecule has 0 bridgehead atoms. The summed E-state index contributed by atoms with van der Waals surface area (Å²) in [4.78, 5) is 15.7. The largest absolute Gasteiger partial charge is 0.373 e. The molecule has 2 aromatic rings. The molecule has 1 aliphatic rings. The van der Waals surface area contributed by atoms with Gasteiger partial charge in [-0.05, 0) is 6.42 Å². The van der Waals surface area contributed by atoms with Crippen molar-refractivity contribution in [1.82, 2.24) is 19.2 Å². The lowest BCUT2D eigenvalue weighted by atomic mass is 10.3. The Kier molecular flexibility index (Phi) is 1.81. The fraction of sp³-hybridized carbons (Fsp3) is 0.444. The zero-order chi connectivity index (χ0) is 10.3. The highest BCUT2D eigenvalue weighted by Gasteiger charge is 2.22. The van der Waals surface area contributed by atoms with Gasteiger partial charge in [0, 0.05) is 18.9 Å². The number of hydrogen-bond acceptors (Lipinski definition) is 4. The van der Waals surface area contributed by atoms with Gasteiger partial charge in [0.15, 0.2) is 5.65 Å². The van der Waals surface area contributed by atoms with Crippen LogP contribution in [0, 0.1) is 0 Å². The predicted octanol–water partition coefficient (Wildman–Crippen LogP) is -0.320. The summed E-state index contributed by atoms with van der Waals surface area (Å²) < 4.78 is 8.03. The first-order chi connectivity index (χ1) is 7.34. The number of fused-ring (bicyclic) bond motifs is 1. The van der Waals surface area contributed by atoms with E-state index in [1.165, 1.54) is 9.08 Å². The fourth-order valence-electron chi connectivity index (χ4n) is 1.53. The quantitative estimate of drug-likeness (QED) is 0.645. The van der Waals surface area contributed by atoms with Gasteiger partial charge in [0.2, 0.25) is 0 Å². The van der Waals surface area contributed by atoms with Crippen LogP contribution in [0.4, 0.5) is 0 Å². The molecule has 0 N–H and O–H groups in total. The third kappa shape index (κ3) is 1.52. The average Bonchev–Trinajstić information content (AvgIpc) is 3.03. The first kappa shape index (κ1) is 8.60. The van der Waals surface area contributed by atoms with Crippen LogP contribution in [-0.2, 0) is 11.3 Å². The van der Waals surface area contributed by atoms with Crippen LogP contribution in [0.2, 0.25) is 0 Å². The van der Waals surface area contributed by atoms with Crippen molar-refractivity contribution in [1.29, 1.82) is 0 Å². The number of nitrogens with zero attached hydrogens (tertiary/aromatic N) is 4. The van der Waals surface area contributed by atoms with E-state index in [0.29, 0.717) is 18.3 Å². The normalized spacial score (nSPS) is 19.6. The number of hydrogen-bond donors (Lipinski definition) is 0. The Morgan fingerprint density at radius 2 is 2.47 bits per heavy atom. The minimum Gasteiger partial charge on any atom is -0.373 e. The molecule has 15 heavy (non-hydrogen) atoms. The van der Waals surface area contributed by atoms with Gasteiger partial charge in [-0.1, -0.05) is 0 Å². The first-order valence-corrected chi connectivity index (χ1v) is 4.85. The Morgan fingerprint density at radius 1 is 1.60 bits per heavy atom. The highest BCUT2D eigenvalue weighted by molar-refractivity contribution is 5.31. The van der Waals surface area contributed by atoms with Crippen molar-refractivity contribution in [2.75, 3.05) is 6.61 Å². The van der Waals surface area contributed by atoms with Gasteiger partial charge in [0.1, 0.15) is 0 Å². The third-order valence-corrected chi connectivity index (χ3v) is 2.45. The molecule has 1 fully saturated rings. The lowest BCUT2D eigenvalue weighted by molar-refractivity contribution is 0.378. The summed E-state index contributed by atoms with van der Waals surface area (Å²) in [5.41, 5.74) is 0.465. The van der Waals surface area contributed by atoms with E-state index in [2.05, 4.69) is 10.1 Å². The molecule has 1 saturated heterocycles. The van der Waals surface area contributed by atoms with Crippen molar-refractivity contribution < 1.29 is 4.74 Å². The van der Waals surface area contributed by atoms with Gasteiger partial charge in [0.25, 0.3) is 0 Å². The number of rotatable bonds is 3. The molecule has 1 unspecified atom stereocenters. The van der Waals surface area contributed by atoms with Gasteiger partial charge in [-0.3, -0.25) is 4.98 Å². The summed E-state index contributed by atoms with van der Waals surface area (Å²) in [6.45, 7) is 1.41. The third-order valence-electron chi connectivity index (χ3n) is 2.45. The molecular weight excluding hydrogens is 196 g/mol. The Balaban J connectivity index is 1.95. The van der Waals surface area contributed by atoms with Gasteiger partial charge < -0.3 is 4.74 Å². The molecule has 0 radical (unpaired) electrons. The van der Waals surface area contributed by atoms with E-state index >= 15 is 0 Å². The summed E-state index contributed by atoms with van der Waals surface area (Å²) in [5, 5.41) is 4.16. The van der Waals surface area contributed by atoms with Crippen LogP contribution < -0.4 is 5.69 Å². The van der Waals surface area contributed by atoms with Crippen LogP contribution in [0.3, 0.4) is 0 Å². The van der Waals surface area contributed by atoms with E-state index in [-0.39, 0.29) is 5.69 Å². The molecule has 1 aliphatic heterocycles. The zero-order valence-electron chi connectivity index (χ0n) is 8.04. The van der Waals surface area contributed by atoms with Gasteiger partial charge >= 0.3 is 5.69 Å². The van der Waals surface area contributed by atoms with Crippen LogP contribution in [0.5, 0.6) is 0 Å². The SMILES string of the molecule is O=c1n(CCC2CO2)nc2cnccn12. The summed E-state index contributed by atoms with van der Waals surface area (Å²) in [5.74, 6) is 0. The molecule has 0 saturated carbocycles. The fourth-order valence-corrected chi connectivity index (χ4v) is 1.53. The lowest BCUT2D eigenvalue weighted by Gasteiger charge is -1.94. The molecule has 3 rings (SSSR count).